The molecule has 0 aliphatic carbocycles. The van der Waals surface area contributed by atoms with E-state index >= 15 is 0 Å². The third kappa shape index (κ3) is 2.91. The van der Waals surface area contributed by atoms with Crippen LogP contribution in [0, 0.1) is 5.82 Å². The lowest BCUT2D eigenvalue weighted by Crippen LogP contribution is -2.04. The molecule has 1 aromatic carbocycles. The highest BCUT2D eigenvalue weighted by Gasteiger charge is 2.19. The van der Waals surface area contributed by atoms with E-state index in [0.29, 0.717) is 6.42 Å². The van der Waals surface area contributed by atoms with Crippen LogP contribution in [0.1, 0.15) is 42.0 Å². The predicted octanol–water partition coefficient (Wildman–Crippen LogP) is 3.08. The van der Waals surface area contributed by atoms with Gasteiger partial charge < -0.3 is 5.11 Å². The van der Waals surface area contributed by atoms with Crippen LogP contribution < -0.4 is 0 Å². The minimum atomic E-state index is -0.632. The minimum absolute atomic E-state index is 0.238. The molecule has 1 N–H and O–H groups in total. The van der Waals surface area contributed by atoms with Crippen LogP contribution in [0.2, 0.25) is 0 Å². The summed E-state index contributed by atoms with van der Waals surface area (Å²) < 4.78 is 16.7. The number of hydrogen-bond acceptors (Lipinski definition) is 4. The maximum atomic E-state index is 12.8. The molecule has 0 radical (unpaired) electrons. The summed E-state index contributed by atoms with van der Waals surface area (Å²) >= 11 is 1.22. The van der Waals surface area contributed by atoms with Gasteiger partial charge in [-0.15, -0.1) is 5.10 Å². The molecule has 1 heterocycles. The van der Waals surface area contributed by atoms with Crippen molar-refractivity contribution < 1.29 is 9.50 Å². The van der Waals surface area contributed by atoms with Gasteiger partial charge in [0.2, 0.25) is 0 Å². The number of nitrogens with zero attached hydrogens (tertiary/aromatic N) is 2. The molecule has 1 aromatic heterocycles. The molecule has 0 aliphatic heterocycles. The Hall–Kier alpha value is -1.33. The van der Waals surface area contributed by atoms with Crippen LogP contribution in [0.3, 0.4) is 0 Å². The van der Waals surface area contributed by atoms with Crippen LogP contribution in [-0.2, 0) is 6.42 Å². The summed E-state index contributed by atoms with van der Waals surface area (Å²) in [5.74, 6) is -0.0304. The lowest BCUT2D eigenvalue weighted by Gasteiger charge is -2.11. The third-order valence-electron chi connectivity index (χ3n) is 2.73. The number of halogens is 1. The van der Waals surface area contributed by atoms with E-state index in [2.05, 4.69) is 9.59 Å². The van der Waals surface area contributed by atoms with Gasteiger partial charge in [0, 0.05) is 6.42 Å². The highest BCUT2D eigenvalue weighted by molar-refractivity contribution is 7.05. The second-order valence-corrected chi connectivity index (χ2v) is 5.31. The van der Waals surface area contributed by atoms with E-state index in [1.54, 1.807) is 12.1 Å². The maximum Gasteiger partial charge on any atom is 0.123 e. The first-order valence-corrected chi connectivity index (χ1v) is 6.60. The van der Waals surface area contributed by atoms with Crippen molar-refractivity contribution in [1.82, 2.24) is 9.59 Å². The standard InChI is InChI=1S/C13H15FN2OS/c1-8(2)12-13(18-16-15-12)11(17)7-9-3-5-10(14)6-4-9/h3-6,8,11,17H,7H2,1-2H3. The van der Waals surface area contributed by atoms with E-state index in [1.165, 1.54) is 23.7 Å². The Morgan fingerprint density at radius 2 is 1.94 bits per heavy atom. The van der Waals surface area contributed by atoms with E-state index in [4.69, 9.17) is 0 Å². The highest BCUT2D eigenvalue weighted by Crippen LogP contribution is 2.28. The summed E-state index contributed by atoms with van der Waals surface area (Å²) in [5.41, 5.74) is 1.74. The molecule has 3 nitrogen and oxygen atoms in total. The summed E-state index contributed by atoms with van der Waals surface area (Å²) in [6.45, 7) is 4.04. The van der Waals surface area contributed by atoms with Crippen LogP contribution in [0.4, 0.5) is 4.39 Å². The van der Waals surface area contributed by atoms with Crippen molar-refractivity contribution >= 4 is 11.5 Å². The lowest BCUT2D eigenvalue weighted by molar-refractivity contribution is 0.180. The number of aliphatic hydroxyl groups excluding tert-OH is 1. The van der Waals surface area contributed by atoms with Gasteiger partial charge in [0.15, 0.2) is 0 Å². The van der Waals surface area contributed by atoms with Gasteiger partial charge in [-0.05, 0) is 35.1 Å². The molecule has 0 saturated heterocycles. The van der Waals surface area contributed by atoms with Gasteiger partial charge >= 0.3 is 0 Å². The fourth-order valence-corrected chi connectivity index (χ4v) is 2.56. The van der Waals surface area contributed by atoms with Gasteiger partial charge in [-0.2, -0.15) is 0 Å². The minimum Gasteiger partial charge on any atom is -0.387 e. The molecular weight excluding hydrogens is 251 g/mol. The SMILES string of the molecule is CC(C)c1nnsc1C(O)Cc1ccc(F)cc1. The summed E-state index contributed by atoms with van der Waals surface area (Å²) in [5, 5.41) is 14.2. The Morgan fingerprint density at radius 3 is 2.56 bits per heavy atom. The molecule has 0 spiro atoms. The first-order valence-electron chi connectivity index (χ1n) is 5.82. The molecule has 5 heteroatoms. The molecule has 96 valence electrons. The molecule has 0 saturated carbocycles. The van der Waals surface area contributed by atoms with E-state index in [1.807, 2.05) is 13.8 Å². The molecule has 1 unspecified atom stereocenters. The van der Waals surface area contributed by atoms with Gasteiger partial charge in [-0.25, -0.2) is 4.39 Å². The van der Waals surface area contributed by atoms with E-state index < -0.39 is 6.10 Å². The summed E-state index contributed by atoms with van der Waals surface area (Å²) in [6, 6.07) is 6.16. The first kappa shape index (κ1) is 13.1. The van der Waals surface area contributed by atoms with E-state index in [-0.39, 0.29) is 11.7 Å². The molecule has 1 atom stereocenters. The van der Waals surface area contributed by atoms with Crippen molar-refractivity contribution in [3.05, 3.63) is 46.2 Å². The summed E-state index contributed by atoms with van der Waals surface area (Å²) in [7, 11) is 0. The van der Waals surface area contributed by atoms with Crippen LogP contribution in [0.5, 0.6) is 0 Å². The Kier molecular flexibility index (Phi) is 4.04. The number of aliphatic hydroxyl groups is 1. The third-order valence-corrected chi connectivity index (χ3v) is 3.57. The number of benzene rings is 1. The van der Waals surface area contributed by atoms with Gasteiger partial charge in [0.1, 0.15) is 5.82 Å². The largest absolute Gasteiger partial charge is 0.387 e. The quantitative estimate of drug-likeness (QED) is 0.925. The van der Waals surface area contributed by atoms with Crippen LogP contribution in [-0.4, -0.2) is 14.7 Å². The van der Waals surface area contributed by atoms with Crippen LogP contribution in [0.25, 0.3) is 0 Å². The van der Waals surface area contributed by atoms with Crippen molar-refractivity contribution in [3.63, 3.8) is 0 Å². The average Bonchev–Trinajstić information content (AvgIpc) is 2.81. The molecular formula is C13H15FN2OS. The fraction of sp³-hybridized carbons (Fsp3) is 0.385. The molecule has 2 rings (SSSR count). The predicted molar refractivity (Wildman–Crippen MR) is 69.1 cm³/mol. The van der Waals surface area contributed by atoms with Gasteiger partial charge in [0.25, 0.3) is 0 Å². The second-order valence-electron chi connectivity index (χ2n) is 4.52. The molecule has 18 heavy (non-hydrogen) atoms. The molecule has 2 aromatic rings. The number of aromatic nitrogens is 2. The fourth-order valence-electron chi connectivity index (χ4n) is 1.77. The Balaban J connectivity index is 2.14. The molecule has 0 amide bonds. The Bertz CT molecular complexity index is 510. The second kappa shape index (κ2) is 5.54. The maximum absolute atomic E-state index is 12.8. The monoisotopic (exact) mass is 266 g/mol. The smallest absolute Gasteiger partial charge is 0.123 e. The Labute approximate surface area is 109 Å². The zero-order chi connectivity index (χ0) is 13.1. The number of hydrogen-bond donors (Lipinski definition) is 1. The average molecular weight is 266 g/mol. The van der Waals surface area contributed by atoms with Crippen molar-refractivity contribution in [3.8, 4) is 0 Å². The Morgan fingerprint density at radius 1 is 1.28 bits per heavy atom. The van der Waals surface area contributed by atoms with Crippen LogP contribution >= 0.6 is 11.5 Å². The summed E-state index contributed by atoms with van der Waals surface area (Å²) in [6.07, 6.45) is -0.183. The van der Waals surface area contributed by atoms with E-state index in [9.17, 15) is 9.50 Å². The van der Waals surface area contributed by atoms with Crippen LogP contribution in [0.15, 0.2) is 24.3 Å². The molecule has 0 aliphatic rings. The van der Waals surface area contributed by atoms with Crippen molar-refractivity contribution in [1.29, 1.82) is 0 Å². The first-order chi connectivity index (χ1) is 8.58. The zero-order valence-electron chi connectivity index (χ0n) is 10.3. The normalized spacial score (nSPS) is 12.9. The zero-order valence-corrected chi connectivity index (χ0v) is 11.1. The topological polar surface area (TPSA) is 46.0 Å². The highest BCUT2D eigenvalue weighted by atomic mass is 32.1. The molecule has 0 fully saturated rings. The van der Waals surface area contributed by atoms with Crippen molar-refractivity contribution in [2.45, 2.75) is 32.3 Å². The lowest BCUT2D eigenvalue weighted by atomic mass is 10.0. The van der Waals surface area contributed by atoms with Gasteiger partial charge in [0.05, 0.1) is 16.7 Å². The molecule has 0 bridgehead atoms. The van der Waals surface area contributed by atoms with Gasteiger partial charge in [-0.1, -0.05) is 30.5 Å². The summed E-state index contributed by atoms with van der Waals surface area (Å²) in [4.78, 5) is 0.800. The number of rotatable bonds is 4. The van der Waals surface area contributed by atoms with Gasteiger partial charge in [-0.3, -0.25) is 0 Å². The van der Waals surface area contributed by atoms with Crippen molar-refractivity contribution in [2.24, 2.45) is 0 Å². The van der Waals surface area contributed by atoms with Crippen molar-refractivity contribution in [2.75, 3.05) is 0 Å². The van der Waals surface area contributed by atoms with E-state index in [0.717, 1.165) is 16.1 Å².